The fraction of sp³-hybridized carbons (Fsp3) is 0.364. The molecule has 0 aliphatic carbocycles. The van der Waals surface area contributed by atoms with Crippen LogP contribution in [0.5, 0.6) is 0 Å². The van der Waals surface area contributed by atoms with Crippen molar-refractivity contribution >= 4 is 15.4 Å². The van der Waals surface area contributed by atoms with Crippen LogP contribution in [0.2, 0.25) is 0 Å². The van der Waals surface area contributed by atoms with Crippen LogP contribution in [0.1, 0.15) is 17.9 Å². The fourth-order valence-electron chi connectivity index (χ4n) is 1.61. The molecule has 0 saturated carbocycles. The van der Waals surface area contributed by atoms with Crippen molar-refractivity contribution in [2.75, 3.05) is 13.7 Å². The summed E-state index contributed by atoms with van der Waals surface area (Å²) in [6.45, 7) is -0.0415. The van der Waals surface area contributed by atoms with Gasteiger partial charge in [0, 0.05) is 12.5 Å². The number of nitrogens with zero attached hydrogens (tertiary/aromatic N) is 1. The van der Waals surface area contributed by atoms with Crippen LogP contribution in [0, 0.1) is 11.6 Å². The van der Waals surface area contributed by atoms with E-state index in [-0.39, 0.29) is 18.5 Å². The van der Waals surface area contributed by atoms with Gasteiger partial charge in [-0.1, -0.05) is 0 Å². The highest BCUT2D eigenvalue weighted by molar-refractivity contribution is 7.12. The van der Waals surface area contributed by atoms with Crippen molar-refractivity contribution in [3.63, 3.8) is 0 Å². The first-order valence-electron chi connectivity index (χ1n) is 5.17. The van der Waals surface area contributed by atoms with Gasteiger partial charge in [0.1, 0.15) is 11.6 Å². The van der Waals surface area contributed by atoms with Crippen LogP contribution in [-0.2, 0) is 9.53 Å². The smallest absolute Gasteiger partial charge is 0.306 e. The summed E-state index contributed by atoms with van der Waals surface area (Å²) in [5.74, 6) is -2.49. The van der Waals surface area contributed by atoms with Crippen molar-refractivity contribution < 1.29 is 23.5 Å². The van der Waals surface area contributed by atoms with Crippen molar-refractivity contribution in [3.05, 3.63) is 35.4 Å². The second kappa shape index (κ2) is 6.73. The molecule has 2 unspecified atom stereocenters. The molecule has 0 fully saturated rings. The minimum atomic E-state index is -0.698. The average Bonchev–Trinajstić information content (AvgIpc) is 2.30. The van der Waals surface area contributed by atoms with Gasteiger partial charge in [-0.25, -0.2) is 8.78 Å². The van der Waals surface area contributed by atoms with Gasteiger partial charge in [-0.3, -0.25) is 4.79 Å². The predicted molar refractivity (Wildman–Crippen MR) is 63.9 cm³/mol. The Bertz CT molecular complexity index is 429. The van der Waals surface area contributed by atoms with Crippen molar-refractivity contribution in [3.8, 4) is 0 Å². The fourth-order valence-corrected chi connectivity index (χ4v) is 1.87. The number of benzene rings is 1. The molecule has 0 aliphatic rings. The summed E-state index contributed by atoms with van der Waals surface area (Å²) < 4.78 is 31.2. The molecule has 1 aromatic carbocycles. The molecule has 1 aromatic rings. The number of hydrogen-bond acceptors (Lipinski definition) is 4. The molecule has 0 bridgehead atoms. The van der Waals surface area contributed by atoms with E-state index in [1.165, 1.54) is 7.11 Å². The third-order valence-electron chi connectivity index (χ3n) is 2.45. The zero-order valence-electron chi connectivity index (χ0n) is 9.77. The molecule has 0 aliphatic heterocycles. The molecule has 0 heterocycles. The number of methoxy groups -OCH3 is 1. The Morgan fingerprint density at radius 1 is 1.56 bits per heavy atom. The molecule has 0 radical (unpaired) electrons. The van der Waals surface area contributed by atoms with Gasteiger partial charge < -0.3 is 9.94 Å². The maximum atomic E-state index is 13.6. The first-order chi connectivity index (χ1) is 8.43. The topological polar surface area (TPSA) is 49.8 Å². The Morgan fingerprint density at radius 3 is 2.78 bits per heavy atom. The van der Waals surface area contributed by atoms with Gasteiger partial charge in [0.05, 0.1) is 13.5 Å². The molecule has 0 saturated heterocycles. The summed E-state index contributed by atoms with van der Waals surface area (Å²) in [7, 11) is 3.19. The van der Waals surface area contributed by atoms with Crippen molar-refractivity contribution in [1.82, 2.24) is 4.83 Å². The Hall–Kier alpha value is -1.10. The third kappa shape index (κ3) is 4.29. The van der Waals surface area contributed by atoms with Crippen LogP contribution < -0.4 is 0 Å². The minimum Gasteiger partial charge on any atom is -0.469 e. The minimum absolute atomic E-state index is 0.0295. The van der Waals surface area contributed by atoms with Gasteiger partial charge in [0.25, 0.3) is 0 Å². The second-order valence-corrected chi connectivity index (χ2v) is 4.36. The monoisotopic (exact) mass is 277 g/mol. The highest BCUT2D eigenvalue weighted by Crippen LogP contribution is 2.25. The van der Waals surface area contributed by atoms with Crippen LogP contribution in [-0.4, -0.2) is 29.7 Å². The lowest BCUT2D eigenvalue weighted by Gasteiger charge is -2.19. The van der Waals surface area contributed by atoms with Crippen LogP contribution in [0.4, 0.5) is 8.78 Å². The summed E-state index contributed by atoms with van der Waals surface area (Å²) in [5, 5.41) is 9.16. The van der Waals surface area contributed by atoms with E-state index in [9.17, 15) is 13.6 Å². The predicted octanol–water partition coefficient (Wildman–Crippen LogP) is 2.09. The third-order valence-corrected chi connectivity index (χ3v) is 2.66. The van der Waals surface area contributed by atoms with Gasteiger partial charge >= 0.3 is 5.97 Å². The molecule has 18 heavy (non-hydrogen) atoms. The van der Waals surface area contributed by atoms with Crippen molar-refractivity contribution in [1.29, 1.82) is 0 Å². The molecule has 4 nitrogen and oxygen atoms in total. The van der Waals surface area contributed by atoms with Crippen molar-refractivity contribution in [2.45, 2.75) is 12.3 Å². The molecular weight excluding hydrogens is 263 g/mol. The van der Waals surface area contributed by atoms with E-state index < -0.39 is 23.5 Å². The molecular formula is C11H14F2NO3P. The zero-order valence-corrected chi connectivity index (χ0v) is 10.9. The highest BCUT2D eigenvalue weighted by Gasteiger charge is 2.21. The molecule has 0 aromatic heterocycles. The molecule has 100 valence electrons. The standard InChI is InChI=1S/C11H14F2NO3P/c1-17-11(15)4-7(6-14(16)18)9-5-8(12)2-3-10(9)13/h2-3,5,7,16H,4,6,18H2,1H3. The summed E-state index contributed by atoms with van der Waals surface area (Å²) in [6, 6.07) is 2.99. The zero-order chi connectivity index (χ0) is 13.7. The van der Waals surface area contributed by atoms with Gasteiger partial charge in [-0.2, -0.15) is 4.83 Å². The Balaban J connectivity index is 3.00. The molecule has 1 rings (SSSR count). The van der Waals surface area contributed by atoms with E-state index in [4.69, 9.17) is 5.21 Å². The Morgan fingerprint density at radius 2 is 2.22 bits per heavy atom. The lowest BCUT2D eigenvalue weighted by Crippen LogP contribution is -2.20. The number of hydroxylamine groups is 1. The SMILES string of the molecule is COC(=O)CC(CN(O)P)c1cc(F)ccc1F. The molecule has 2 atom stereocenters. The number of carbonyl (C=O) groups excluding carboxylic acids is 1. The average molecular weight is 277 g/mol. The largest absolute Gasteiger partial charge is 0.469 e. The van der Waals surface area contributed by atoms with Gasteiger partial charge in [0.2, 0.25) is 0 Å². The Kier molecular flexibility index (Phi) is 5.59. The second-order valence-electron chi connectivity index (χ2n) is 3.77. The number of esters is 1. The lowest BCUT2D eigenvalue weighted by atomic mass is 9.95. The van der Waals surface area contributed by atoms with E-state index in [2.05, 4.69) is 4.74 Å². The first-order valence-corrected chi connectivity index (χ1v) is 5.68. The molecule has 0 amide bonds. The van der Waals surface area contributed by atoms with Crippen LogP contribution in [0.15, 0.2) is 18.2 Å². The quantitative estimate of drug-likeness (QED) is 0.508. The van der Waals surface area contributed by atoms with Crippen LogP contribution in [0.3, 0.4) is 0 Å². The van der Waals surface area contributed by atoms with E-state index in [1.54, 1.807) is 0 Å². The van der Waals surface area contributed by atoms with E-state index in [1.807, 2.05) is 9.39 Å². The lowest BCUT2D eigenvalue weighted by molar-refractivity contribution is -0.141. The van der Waals surface area contributed by atoms with Gasteiger partial charge in [-0.15, -0.1) is 0 Å². The first kappa shape index (κ1) is 15.0. The number of hydrogen-bond donors (Lipinski definition) is 1. The number of rotatable bonds is 5. The maximum Gasteiger partial charge on any atom is 0.306 e. The Labute approximate surface area is 106 Å². The summed E-state index contributed by atoms with van der Waals surface area (Å²) in [5.41, 5.74) is 0.0295. The molecule has 7 heteroatoms. The summed E-state index contributed by atoms with van der Waals surface area (Å²) >= 11 is 0. The number of ether oxygens (including phenoxy) is 1. The summed E-state index contributed by atoms with van der Waals surface area (Å²) in [6.07, 6.45) is -0.150. The number of halogens is 2. The van der Waals surface area contributed by atoms with E-state index in [0.29, 0.717) is 0 Å². The van der Waals surface area contributed by atoms with Crippen LogP contribution >= 0.6 is 9.39 Å². The van der Waals surface area contributed by atoms with Gasteiger partial charge in [0.15, 0.2) is 0 Å². The number of carbonyl (C=O) groups is 1. The van der Waals surface area contributed by atoms with E-state index in [0.717, 1.165) is 23.0 Å². The van der Waals surface area contributed by atoms with Crippen molar-refractivity contribution in [2.24, 2.45) is 0 Å². The summed E-state index contributed by atoms with van der Waals surface area (Å²) in [4.78, 5) is 12.0. The molecule has 0 spiro atoms. The van der Waals surface area contributed by atoms with Gasteiger partial charge in [-0.05, 0) is 33.2 Å². The highest BCUT2D eigenvalue weighted by atomic mass is 31.0. The maximum absolute atomic E-state index is 13.6. The van der Waals surface area contributed by atoms with Crippen LogP contribution in [0.25, 0.3) is 0 Å². The molecule has 1 N–H and O–H groups in total. The van der Waals surface area contributed by atoms with E-state index >= 15 is 0 Å². The normalized spacial score (nSPS) is 12.6.